The maximum Gasteiger partial charge on any atom is 0.237 e. The van der Waals surface area contributed by atoms with Gasteiger partial charge < -0.3 is 14.2 Å². The summed E-state index contributed by atoms with van der Waals surface area (Å²) in [7, 11) is 0. The number of aryl methyl sites for hydroxylation is 1. The highest BCUT2D eigenvalue weighted by Crippen LogP contribution is 2.25. The van der Waals surface area contributed by atoms with E-state index in [0.29, 0.717) is 32.8 Å². The molecule has 1 aromatic carbocycles. The fourth-order valence-corrected chi connectivity index (χ4v) is 3.85. The van der Waals surface area contributed by atoms with E-state index in [1.54, 1.807) is 0 Å². The van der Waals surface area contributed by atoms with Crippen molar-refractivity contribution in [3.05, 3.63) is 47.5 Å². The van der Waals surface area contributed by atoms with Gasteiger partial charge in [-0.3, -0.25) is 9.69 Å². The molecule has 1 aromatic heterocycles. The van der Waals surface area contributed by atoms with Crippen LogP contribution in [0.1, 0.15) is 23.3 Å². The van der Waals surface area contributed by atoms with E-state index in [0.717, 1.165) is 31.2 Å². The maximum absolute atomic E-state index is 12.9. The summed E-state index contributed by atoms with van der Waals surface area (Å²) < 4.78 is 7.57. The number of ether oxygens (including phenoxy) is 1. The zero-order valence-corrected chi connectivity index (χ0v) is 15.2. The van der Waals surface area contributed by atoms with Crippen molar-refractivity contribution in [2.75, 3.05) is 39.4 Å². The molecule has 138 valence electrons. The van der Waals surface area contributed by atoms with Gasteiger partial charge in [0.15, 0.2) is 5.82 Å². The molecule has 2 aliphatic rings. The Labute approximate surface area is 153 Å². The number of carbonyl (C=O) groups excluding carboxylic acids is 1. The van der Waals surface area contributed by atoms with E-state index in [-0.39, 0.29) is 11.9 Å². The Balaban J connectivity index is 1.50. The molecule has 0 bridgehead atoms. The Morgan fingerprint density at radius 2 is 1.96 bits per heavy atom. The van der Waals surface area contributed by atoms with Crippen molar-refractivity contribution >= 4 is 5.91 Å². The molecule has 1 fully saturated rings. The van der Waals surface area contributed by atoms with Crippen molar-refractivity contribution < 1.29 is 9.53 Å². The molecule has 2 aliphatic heterocycles. The Morgan fingerprint density at radius 1 is 1.19 bits per heavy atom. The van der Waals surface area contributed by atoms with Crippen LogP contribution in [0.15, 0.2) is 30.3 Å². The Bertz CT molecular complexity index is 755. The van der Waals surface area contributed by atoms with Crippen LogP contribution >= 0.6 is 0 Å². The topological polar surface area (TPSA) is 63.5 Å². The normalized spacial score (nSPS) is 20.8. The summed E-state index contributed by atoms with van der Waals surface area (Å²) in [5.74, 6) is 1.96. The predicted molar refractivity (Wildman–Crippen MR) is 96.6 cm³/mol. The van der Waals surface area contributed by atoms with Crippen LogP contribution in [-0.2, 0) is 22.5 Å². The van der Waals surface area contributed by atoms with E-state index in [2.05, 4.69) is 43.9 Å². The monoisotopic (exact) mass is 355 g/mol. The lowest BCUT2D eigenvalue weighted by Gasteiger charge is -2.36. The first-order valence-electron chi connectivity index (χ1n) is 9.23. The van der Waals surface area contributed by atoms with Crippen LogP contribution in [0.25, 0.3) is 0 Å². The smallest absolute Gasteiger partial charge is 0.237 e. The molecule has 1 saturated heterocycles. The van der Waals surface area contributed by atoms with Gasteiger partial charge in [-0.1, -0.05) is 30.3 Å². The van der Waals surface area contributed by atoms with Crippen molar-refractivity contribution in [3.63, 3.8) is 0 Å². The summed E-state index contributed by atoms with van der Waals surface area (Å²) in [5.41, 5.74) is 1.26. The van der Waals surface area contributed by atoms with E-state index in [9.17, 15) is 4.79 Å². The standard InChI is InChI=1S/C19H25N5O2/c1-15-20-21-18-13-23(19(25)14-22-7-9-26-10-8-22)12-17(24(15)18)11-16-5-3-2-4-6-16/h2-6,17H,7-14H2,1H3/t17-/m1/s1. The second kappa shape index (κ2) is 7.55. The van der Waals surface area contributed by atoms with Gasteiger partial charge >= 0.3 is 0 Å². The maximum atomic E-state index is 12.9. The van der Waals surface area contributed by atoms with Crippen LogP contribution in [0.4, 0.5) is 0 Å². The summed E-state index contributed by atoms with van der Waals surface area (Å²) in [5, 5.41) is 8.56. The molecule has 3 heterocycles. The second-order valence-corrected chi connectivity index (χ2v) is 7.04. The Morgan fingerprint density at radius 3 is 2.73 bits per heavy atom. The number of nitrogens with zero attached hydrogens (tertiary/aromatic N) is 5. The van der Waals surface area contributed by atoms with E-state index in [4.69, 9.17) is 4.74 Å². The average Bonchev–Trinajstić information content (AvgIpc) is 3.04. The quantitative estimate of drug-likeness (QED) is 0.820. The van der Waals surface area contributed by atoms with E-state index in [1.807, 2.05) is 17.9 Å². The van der Waals surface area contributed by atoms with Crippen LogP contribution in [0, 0.1) is 6.92 Å². The van der Waals surface area contributed by atoms with E-state index in [1.165, 1.54) is 5.56 Å². The summed E-state index contributed by atoms with van der Waals surface area (Å²) in [6.07, 6.45) is 0.869. The van der Waals surface area contributed by atoms with Crippen LogP contribution in [0.5, 0.6) is 0 Å². The minimum absolute atomic E-state index is 0.164. The summed E-state index contributed by atoms with van der Waals surface area (Å²) >= 11 is 0. The Hall–Kier alpha value is -2.25. The average molecular weight is 355 g/mol. The van der Waals surface area contributed by atoms with Gasteiger partial charge in [0.1, 0.15) is 5.82 Å². The van der Waals surface area contributed by atoms with Crippen molar-refractivity contribution in [1.82, 2.24) is 24.6 Å². The van der Waals surface area contributed by atoms with Crippen LogP contribution in [0.3, 0.4) is 0 Å². The molecular weight excluding hydrogens is 330 g/mol. The molecule has 0 saturated carbocycles. The highest BCUT2D eigenvalue weighted by atomic mass is 16.5. The first-order valence-corrected chi connectivity index (χ1v) is 9.23. The van der Waals surface area contributed by atoms with E-state index < -0.39 is 0 Å². The molecule has 0 radical (unpaired) electrons. The molecule has 26 heavy (non-hydrogen) atoms. The molecule has 7 heteroatoms. The summed E-state index contributed by atoms with van der Waals surface area (Å²) in [6.45, 7) is 6.73. The Kier molecular flexibility index (Phi) is 4.99. The number of fused-ring (bicyclic) bond motifs is 1. The van der Waals surface area contributed by atoms with Gasteiger partial charge in [0.25, 0.3) is 0 Å². The third kappa shape index (κ3) is 3.64. The van der Waals surface area contributed by atoms with Crippen LogP contribution < -0.4 is 0 Å². The largest absolute Gasteiger partial charge is 0.379 e. The molecule has 0 N–H and O–H groups in total. The molecule has 1 amide bonds. The molecule has 0 aliphatic carbocycles. The summed E-state index contributed by atoms with van der Waals surface area (Å²) in [4.78, 5) is 17.0. The van der Waals surface area contributed by atoms with Gasteiger partial charge in [0.2, 0.25) is 5.91 Å². The third-order valence-electron chi connectivity index (χ3n) is 5.19. The van der Waals surface area contributed by atoms with Crippen molar-refractivity contribution in [2.45, 2.75) is 25.9 Å². The first kappa shape index (κ1) is 17.2. The number of hydrogen-bond acceptors (Lipinski definition) is 5. The zero-order valence-electron chi connectivity index (χ0n) is 15.2. The third-order valence-corrected chi connectivity index (χ3v) is 5.19. The van der Waals surface area contributed by atoms with Gasteiger partial charge in [-0.15, -0.1) is 10.2 Å². The zero-order chi connectivity index (χ0) is 17.9. The van der Waals surface area contributed by atoms with Gasteiger partial charge in [-0.2, -0.15) is 0 Å². The number of rotatable bonds is 4. The molecule has 0 unspecified atom stereocenters. The fraction of sp³-hybridized carbons (Fsp3) is 0.526. The molecule has 2 aromatic rings. The number of aromatic nitrogens is 3. The molecule has 0 spiro atoms. The first-order chi connectivity index (χ1) is 12.7. The van der Waals surface area contributed by atoms with Crippen LogP contribution in [-0.4, -0.2) is 69.9 Å². The number of morpholine rings is 1. The molecule has 1 atom stereocenters. The van der Waals surface area contributed by atoms with Gasteiger partial charge in [-0.25, -0.2) is 0 Å². The van der Waals surface area contributed by atoms with Crippen molar-refractivity contribution in [2.24, 2.45) is 0 Å². The number of hydrogen-bond donors (Lipinski definition) is 0. The number of carbonyl (C=O) groups is 1. The van der Waals surface area contributed by atoms with Gasteiger partial charge in [0.05, 0.1) is 32.3 Å². The van der Waals surface area contributed by atoms with Gasteiger partial charge in [0, 0.05) is 19.6 Å². The number of amides is 1. The minimum Gasteiger partial charge on any atom is -0.379 e. The number of benzene rings is 1. The van der Waals surface area contributed by atoms with Crippen molar-refractivity contribution in [3.8, 4) is 0 Å². The highest BCUT2D eigenvalue weighted by Gasteiger charge is 2.31. The summed E-state index contributed by atoms with van der Waals surface area (Å²) in [6, 6.07) is 10.6. The molecule has 7 nitrogen and oxygen atoms in total. The fourth-order valence-electron chi connectivity index (χ4n) is 3.85. The van der Waals surface area contributed by atoms with Crippen molar-refractivity contribution in [1.29, 1.82) is 0 Å². The van der Waals surface area contributed by atoms with Crippen LogP contribution in [0.2, 0.25) is 0 Å². The SMILES string of the molecule is Cc1nnc2n1[C@H](Cc1ccccc1)CN(C(=O)CN1CCOCC1)C2. The molecular formula is C19H25N5O2. The highest BCUT2D eigenvalue weighted by molar-refractivity contribution is 5.78. The van der Waals surface area contributed by atoms with E-state index >= 15 is 0 Å². The van der Waals surface area contributed by atoms with Gasteiger partial charge in [-0.05, 0) is 18.9 Å². The second-order valence-electron chi connectivity index (χ2n) is 7.04. The lowest BCUT2D eigenvalue weighted by atomic mass is 10.0. The molecule has 4 rings (SSSR count). The predicted octanol–water partition coefficient (Wildman–Crippen LogP) is 1.04. The lowest BCUT2D eigenvalue weighted by molar-refractivity contribution is -0.135. The minimum atomic E-state index is 0.164. The lowest BCUT2D eigenvalue weighted by Crippen LogP contribution is -2.48.